The second-order valence-electron chi connectivity index (χ2n) is 4.03. The van der Waals surface area contributed by atoms with Crippen molar-refractivity contribution in [2.24, 2.45) is 5.73 Å². The van der Waals surface area contributed by atoms with Crippen LogP contribution in [0.3, 0.4) is 0 Å². The molecule has 0 aliphatic heterocycles. The molecule has 3 N–H and O–H groups in total. The van der Waals surface area contributed by atoms with Gasteiger partial charge in [0.05, 0.1) is 11.4 Å². The number of rotatable bonds is 2. The van der Waals surface area contributed by atoms with E-state index in [1.165, 1.54) is 17.0 Å². The Kier molecular flexibility index (Phi) is 3.19. The highest BCUT2D eigenvalue weighted by atomic mass is 16.3. The minimum Gasteiger partial charge on any atom is -0.508 e. The number of amides is 2. The Morgan fingerprint density at radius 3 is 1.89 bits per heavy atom. The van der Waals surface area contributed by atoms with Crippen molar-refractivity contribution in [3.8, 4) is 5.75 Å². The van der Waals surface area contributed by atoms with Crippen molar-refractivity contribution < 1.29 is 9.90 Å². The normalized spacial score (nSPS) is 10.1. The number of carbonyl (C=O) groups is 1. The fraction of sp³-hybridized carbons (Fsp3) is 0.0714. The molecule has 4 nitrogen and oxygen atoms in total. The summed E-state index contributed by atoms with van der Waals surface area (Å²) in [5.41, 5.74) is 7.82. The Hall–Kier alpha value is -2.49. The average molecular weight is 242 g/mol. The van der Waals surface area contributed by atoms with Crippen LogP contribution < -0.4 is 10.6 Å². The molecule has 92 valence electrons. The van der Waals surface area contributed by atoms with Crippen LogP contribution >= 0.6 is 0 Å². The molecule has 0 radical (unpaired) electrons. The van der Waals surface area contributed by atoms with Crippen LogP contribution in [-0.2, 0) is 0 Å². The predicted octanol–water partition coefficient (Wildman–Crippen LogP) is 2.92. The van der Waals surface area contributed by atoms with E-state index in [1.807, 2.05) is 31.2 Å². The molecule has 0 saturated carbocycles. The van der Waals surface area contributed by atoms with Crippen LogP contribution in [0.5, 0.6) is 5.75 Å². The highest BCUT2D eigenvalue weighted by Gasteiger charge is 2.14. The van der Waals surface area contributed by atoms with Gasteiger partial charge in [0.1, 0.15) is 5.75 Å². The highest BCUT2D eigenvalue weighted by Crippen LogP contribution is 2.26. The summed E-state index contributed by atoms with van der Waals surface area (Å²) in [5, 5.41) is 9.25. The number of benzene rings is 2. The largest absolute Gasteiger partial charge is 0.508 e. The lowest BCUT2D eigenvalue weighted by Gasteiger charge is -2.20. The van der Waals surface area contributed by atoms with Crippen LogP contribution in [0.25, 0.3) is 0 Å². The van der Waals surface area contributed by atoms with Crippen LogP contribution in [0.15, 0.2) is 48.5 Å². The molecule has 0 spiro atoms. The van der Waals surface area contributed by atoms with Crippen molar-refractivity contribution >= 4 is 17.4 Å². The first-order valence-electron chi connectivity index (χ1n) is 5.53. The maximum absolute atomic E-state index is 11.6. The van der Waals surface area contributed by atoms with Gasteiger partial charge >= 0.3 is 6.03 Å². The fourth-order valence-corrected chi connectivity index (χ4v) is 1.70. The highest BCUT2D eigenvalue weighted by molar-refractivity contribution is 5.98. The zero-order chi connectivity index (χ0) is 13.1. The van der Waals surface area contributed by atoms with Gasteiger partial charge in [0, 0.05) is 0 Å². The van der Waals surface area contributed by atoms with Crippen LogP contribution in [0, 0.1) is 6.92 Å². The molecular weight excluding hydrogens is 228 g/mol. The topological polar surface area (TPSA) is 66.6 Å². The van der Waals surface area contributed by atoms with E-state index >= 15 is 0 Å². The molecule has 2 amide bonds. The number of carbonyl (C=O) groups excluding carboxylic acids is 1. The van der Waals surface area contributed by atoms with Gasteiger partial charge in [-0.15, -0.1) is 0 Å². The zero-order valence-electron chi connectivity index (χ0n) is 10.00. The first-order valence-corrected chi connectivity index (χ1v) is 5.53. The van der Waals surface area contributed by atoms with E-state index in [0.717, 1.165) is 5.56 Å². The Morgan fingerprint density at radius 1 is 1.00 bits per heavy atom. The van der Waals surface area contributed by atoms with Gasteiger partial charge in [-0.2, -0.15) is 0 Å². The van der Waals surface area contributed by atoms with Crippen molar-refractivity contribution in [2.45, 2.75) is 6.92 Å². The van der Waals surface area contributed by atoms with Crippen LogP contribution in [0.4, 0.5) is 16.2 Å². The Bertz CT molecular complexity index is 502. The minimum atomic E-state index is -0.565. The molecule has 0 saturated heterocycles. The number of hydrogen-bond donors (Lipinski definition) is 2. The van der Waals surface area contributed by atoms with E-state index in [9.17, 15) is 9.90 Å². The molecule has 2 aromatic carbocycles. The number of aromatic hydroxyl groups is 1. The van der Waals surface area contributed by atoms with Crippen molar-refractivity contribution in [1.29, 1.82) is 0 Å². The molecule has 2 aromatic rings. The number of phenols is 1. The van der Waals surface area contributed by atoms with Gasteiger partial charge in [0.2, 0.25) is 0 Å². The van der Waals surface area contributed by atoms with Crippen molar-refractivity contribution in [2.75, 3.05) is 4.90 Å². The molecule has 0 aliphatic rings. The zero-order valence-corrected chi connectivity index (χ0v) is 10.00. The third kappa shape index (κ3) is 2.43. The molecule has 0 atom stereocenters. The number of anilines is 2. The number of urea groups is 1. The lowest BCUT2D eigenvalue weighted by Crippen LogP contribution is -2.31. The van der Waals surface area contributed by atoms with E-state index in [4.69, 9.17) is 5.73 Å². The fourth-order valence-electron chi connectivity index (χ4n) is 1.70. The Labute approximate surface area is 105 Å². The average Bonchev–Trinajstić information content (AvgIpc) is 2.34. The quantitative estimate of drug-likeness (QED) is 0.850. The number of primary amides is 1. The number of aryl methyl sites for hydroxylation is 1. The van der Waals surface area contributed by atoms with Gasteiger partial charge in [-0.1, -0.05) is 17.7 Å². The molecule has 0 fully saturated rings. The van der Waals surface area contributed by atoms with Gasteiger partial charge in [0.25, 0.3) is 0 Å². The van der Waals surface area contributed by atoms with Gasteiger partial charge in [0.15, 0.2) is 0 Å². The molecule has 0 unspecified atom stereocenters. The van der Waals surface area contributed by atoms with E-state index in [-0.39, 0.29) is 5.75 Å². The molecule has 0 aromatic heterocycles. The maximum atomic E-state index is 11.6. The van der Waals surface area contributed by atoms with Crippen molar-refractivity contribution in [3.05, 3.63) is 54.1 Å². The van der Waals surface area contributed by atoms with E-state index in [1.54, 1.807) is 12.1 Å². The number of phenolic OH excluding ortho intramolecular Hbond substituents is 1. The third-order valence-electron chi connectivity index (χ3n) is 2.62. The number of nitrogens with two attached hydrogens (primary N) is 1. The molecule has 2 rings (SSSR count). The lowest BCUT2D eigenvalue weighted by molar-refractivity contribution is 0.256. The lowest BCUT2D eigenvalue weighted by atomic mass is 10.2. The second-order valence-corrected chi connectivity index (χ2v) is 4.03. The van der Waals surface area contributed by atoms with Crippen molar-refractivity contribution in [3.63, 3.8) is 0 Å². The SMILES string of the molecule is Cc1ccc(N(C(N)=O)c2ccc(O)cc2)cc1. The van der Waals surface area contributed by atoms with Crippen LogP contribution in [-0.4, -0.2) is 11.1 Å². The molecule has 0 bridgehead atoms. The molecule has 4 heteroatoms. The molecule has 0 heterocycles. The van der Waals surface area contributed by atoms with Crippen LogP contribution in [0.1, 0.15) is 5.56 Å². The number of nitrogens with zero attached hydrogens (tertiary/aromatic N) is 1. The van der Waals surface area contributed by atoms with Gasteiger partial charge in [-0.3, -0.25) is 4.90 Å². The second kappa shape index (κ2) is 4.79. The van der Waals surface area contributed by atoms with E-state index < -0.39 is 6.03 Å². The summed E-state index contributed by atoms with van der Waals surface area (Å²) < 4.78 is 0. The first kappa shape index (κ1) is 12.0. The van der Waals surface area contributed by atoms with E-state index in [0.29, 0.717) is 11.4 Å². The summed E-state index contributed by atoms with van der Waals surface area (Å²) in [7, 11) is 0. The first-order chi connectivity index (χ1) is 8.58. The van der Waals surface area contributed by atoms with E-state index in [2.05, 4.69) is 0 Å². The van der Waals surface area contributed by atoms with Crippen LogP contribution in [0.2, 0.25) is 0 Å². The summed E-state index contributed by atoms with van der Waals surface area (Å²) in [6.07, 6.45) is 0. The summed E-state index contributed by atoms with van der Waals surface area (Å²) >= 11 is 0. The number of hydrogen-bond acceptors (Lipinski definition) is 2. The summed E-state index contributed by atoms with van der Waals surface area (Å²) in [6.45, 7) is 1.97. The predicted molar refractivity (Wildman–Crippen MR) is 71.0 cm³/mol. The molecular formula is C14H14N2O2. The molecule has 0 aliphatic carbocycles. The monoisotopic (exact) mass is 242 g/mol. The van der Waals surface area contributed by atoms with Crippen molar-refractivity contribution in [1.82, 2.24) is 0 Å². The smallest absolute Gasteiger partial charge is 0.323 e. The standard InChI is InChI=1S/C14H14N2O2/c1-10-2-4-11(5-3-10)16(14(15)18)12-6-8-13(17)9-7-12/h2-9,17H,1H3,(H2,15,18). The summed E-state index contributed by atoms with van der Waals surface area (Å²) in [5.74, 6) is 0.145. The minimum absolute atomic E-state index is 0.145. The Balaban J connectivity index is 2.43. The van der Waals surface area contributed by atoms with Gasteiger partial charge in [-0.05, 0) is 43.3 Å². The van der Waals surface area contributed by atoms with Gasteiger partial charge in [-0.25, -0.2) is 4.79 Å². The maximum Gasteiger partial charge on any atom is 0.323 e. The summed E-state index contributed by atoms with van der Waals surface area (Å²) in [6, 6.07) is 13.2. The van der Waals surface area contributed by atoms with Gasteiger partial charge < -0.3 is 10.8 Å². The molecule has 18 heavy (non-hydrogen) atoms. The third-order valence-corrected chi connectivity index (χ3v) is 2.62. The Morgan fingerprint density at radius 2 is 1.44 bits per heavy atom. The summed E-state index contributed by atoms with van der Waals surface area (Å²) in [4.78, 5) is 12.9.